The van der Waals surface area contributed by atoms with Crippen LogP contribution >= 0.6 is 11.3 Å². The average molecular weight is 391 g/mol. The Kier molecular flexibility index (Phi) is 4.88. The lowest BCUT2D eigenvalue weighted by Gasteiger charge is -2.20. The van der Waals surface area contributed by atoms with Crippen molar-refractivity contribution in [3.63, 3.8) is 0 Å². The maximum atomic E-state index is 13.3. The molecule has 0 aliphatic carbocycles. The molecule has 0 aliphatic heterocycles. The second-order valence-electron chi connectivity index (χ2n) is 6.66. The second-order valence-corrected chi connectivity index (χ2v) is 7.67. The largest absolute Gasteiger partial charge is 0.279 e. The fourth-order valence-corrected chi connectivity index (χ4v) is 3.98. The first-order valence-electron chi connectivity index (χ1n) is 8.85. The van der Waals surface area contributed by atoms with Crippen LogP contribution < -0.4 is 4.90 Å². The van der Waals surface area contributed by atoms with E-state index in [1.807, 2.05) is 25.1 Å². The maximum absolute atomic E-state index is 13.3. The van der Waals surface area contributed by atoms with Crippen molar-refractivity contribution in [3.8, 4) is 0 Å². The first-order chi connectivity index (χ1) is 13.5. The summed E-state index contributed by atoms with van der Waals surface area (Å²) < 4.78 is 14.3. The number of aromatic nitrogens is 2. The summed E-state index contributed by atoms with van der Waals surface area (Å²) in [7, 11) is 0. The Hall–Kier alpha value is -3.12. The van der Waals surface area contributed by atoms with Crippen LogP contribution in [-0.2, 0) is 6.54 Å². The van der Waals surface area contributed by atoms with Gasteiger partial charge in [0.25, 0.3) is 5.91 Å². The van der Waals surface area contributed by atoms with Gasteiger partial charge in [0, 0.05) is 18.0 Å². The van der Waals surface area contributed by atoms with Crippen LogP contribution in [0.25, 0.3) is 10.2 Å². The predicted octanol–water partition coefficient (Wildman–Crippen LogP) is 5.29. The fourth-order valence-electron chi connectivity index (χ4n) is 2.93. The molecule has 0 saturated heterocycles. The van der Waals surface area contributed by atoms with Crippen LogP contribution in [0.15, 0.2) is 60.9 Å². The number of aryl methyl sites for hydroxylation is 2. The first-order valence-corrected chi connectivity index (χ1v) is 9.67. The average Bonchev–Trinajstić information content (AvgIpc) is 3.09. The lowest BCUT2D eigenvalue weighted by atomic mass is 10.1. The number of hydrogen-bond donors (Lipinski definition) is 0. The zero-order valence-corrected chi connectivity index (χ0v) is 16.3. The SMILES string of the molecule is Cc1cc2nc(N(Cc3cccnc3)C(=O)c3ccc(F)cc3)sc2cc1C. The number of carbonyl (C=O) groups excluding carboxylic acids is 1. The van der Waals surface area contributed by atoms with Crippen molar-refractivity contribution in [1.82, 2.24) is 9.97 Å². The summed E-state index contributed by atoms with van der Waals surface area (Å²) in [5.41, 5.74) is 4.52. The number of nitrogens with zero attached hydrogens (tertiary/aromatic N) is 3. The minimum absolute atomic E-state index is 0.226. The number of amides is 1. The summed E-state index contributed by atoms with van der Waals surface area (Å²) in [5, 5.41) is 0.609. The van der Waals surface area contributed by atoms with Crippen LogP contribution in [-0.4, -0.2) is 15.9 Å². The molecule has 4 aromatic rings. The van der Waals surface area contributed by atoms with Crippen LogP contribution in [0.4, 0.5) is 9.52 Å². The van der Waals surface area contributed by atoms with E-state index in [0.717, 1.165) is 21.3 Å². The van der Waals surface area contributed by atoms with Gasteiger partial charge in [-0.15, -0.1) is 0 Å². The van der Waals surface area contributed by atoms with Crippen molar-refractivity contribution in [3.05, 3.63) is 89.0 Å². The summed E-state index contributed by atoms with van der Waals surface area (Å²) in [6.07, 6.45) is 3.42. The number of carbonyl (C=O) groups is 1. The van der Waals surface area contributed by atoms with E-state index in [4.69, 9.17) is 4.98 Å². The molecule has 2 aromatic heterocycles. The Balaban J connectivity index is 1.78. The van der Waals surface area contributed by atoms with Crippen LogP contribution in [0.1, 0.15) is 27.0 Å². The van der Waals surface area contributed by atoms with Crippen molar-refractivity contribution < 1.29 is 9.18 Å². The summed E-state index contributed by atoms with van der Waals surface area (Å²) in [4.78, 5) is 23.7. The van der Waals surface area contributed by atoms with Gasteiger partial charge in [-0.1, -0.05) is 17.4 Å². The molecule has 0 unspecified atom stereocenters. The Labute approximate surface area is 166 Å². The third-order valence-corrected chi connectivity index (χ3v) is 5.66. The molecule has 28 heavy (non-hydrogen) atoms. The third-order valence-electron chi connectivity index (χ3n) is 4.62. The highest BCUT2D eigenvalue weighted by Crippen LogP contribution is 2.32. The number of fused-ring (bicyclic) bond motifs is 1. The number of hydrogen-bond acceptors (Lipinski definition) is 4. The molecule has 0 aliphatic rings. The molecule has 6 heteroatoms. The number of benzene rings is 2. The van der Waals surface area contributed by atoms with Gasteiger partial charge in [0.2, 0.25) is 0 Å². The number of rotatable bonds is 4. The minimum atomic E-state index is -0.374. The van der Waals surface area contributed by atoms with Gasteiger partial charge in [-0.25, -0.2) is 9.37 Å². The Morgan fingerprint density at radius 2 is 1.86 bits per heavy atom. The van der Waals surface area contributed by atoms with E-state index in [1.165, 1.54) is 41.2 Å². The number of pyridine rings is 1. The number of thiazole rings is 1. The van der Waals surface area contributed by atoms with Gasteiger partial charge in [0.05, 0.1) is 16.8 Å². The van der Waals surface area contributed by atoms with E-state index in [2.05, 4.69) is 18.0 Å². The molecule has 0 bridgehead atoms. The molecule has 0 fully saturated rings. The van der Waals surface area contributed by atoms with Gasteiger partial charge in [0.1, 0.15) is 5.82 Å². The summed E-state index contributed by atoms with van der Waals surface area (Å²) in [5.74, 6) is -0.599. The van der Waals surface area contributed by atoms with E-state index in [-0.39, 0.29) is 11.7 Å². The zero-order chi connectivity index (χ0) is 19.7. The lowest BCUT2D eigenvalue weighted by Crippen LogP contribution is -2.30. The molecule has 2 heterocycles. The van der Waals surface area contributed by atoms with Gasteiger partial charge in [-0.3, -0.25) is 14.7 Å². The van der Waals surface area contributed by atoms with Gasteiger partial charge in [-0.2, -0.15) is 0 Å². The smallest absolute Gasteiger partial charge is 0.260 e. The van der Waals surface area contributed by atoms with E-state index in [1.54, 1.807) is 17.3 Å². The van der Waals surface area contributed by atoms with Gasteiger partial charge < -0.3 is 0 Å². The molecular formula is C22H18FN3OS. The van der Waals surface area contributed by atoms with E-state index >= 15 is 0 Å². The van der Waals surface area contributed by atoms with E-state index in [0.29, 0.717) is 17.2 Å². The van der Waals surface area contributed by atoms with Crippen LogP contribution in [0.3, 0.4) is 0 Å². The monoisotopic (exact) mass is 391 g/mol. The predicted molar refractivity (Wildman–Crippen MR) is 110 cm³/mol. The molecule has 0 radical (unpaired) electrons. The molecule has 4 rings (SSSR count). The van der Waals surface area contributed by atoms with Gasteiger partial charge in [0.15, 0.2) is 5.13 Å². The van der Waals surface area contributed by atoms with Gasteiger partial charge in [-0.05, 0) is 73.0 Å². The normalized spacial score (nSPS) is 11.0. The lowest BCUT2D eigenvalue weighted by molar-refractivity contribution is 0.0985. The maximum Gasteiger partial charge on any atom is 0.260 e. The molecule has 140 valence electrons. The van der Waals surface area contributed by atoms with Crippen LogP contribution in [0.5, 0.6) is 0 Å². The van der Waals surface area contributed by atoms with Crippen molar-refractivity contribution in [2.24, 2.45) is 0 Å². The molecule has 1 amide bonds. The van der Waals surface area contributed by atoms with Gasteiger partial charge >= 0.3 is 0 Å². The standard InChI is InChI=1S/C22H18FN3OS/c1-14-10-19-20(11-15(14)2)28-22(25-19)26(13-16-4-3-9-24-12-16)21(27)17-5-7-18(23)8-6-17/h3-12H,13H2,1-2H3. The molecule has 2 aromatic carbocycles. The minimum Gasteiger partial charge on any atom is -0.279 e. The highest BCUT2D eigenvalue weighted by molar-refractivity contribution is 7.22. The fraction of sp³-hybridized carbons (Fsp3) is 0.136. The number of anilines is 1. The quantitative estimate of drug-likeness (QED) is 0.475. The summed E-state index contributed by atoms with van der Waals surface area (Å²) in [6, 6.07) is 13.5. The second kappa shape index (κ2) is 7.48. The number of halogens is 1. The van der Waals surface area contributed by atoms with Crippen molar-refractivity contribution in [2.45, 2.75) is 20.4 Å². The van der Waals surface area contributed by atoms with Crippen molar-refractivity contribution in [2.75, 3.05) is 4.90 Å². The Morgan fingerprint density at radius 1 is 1.11 bits per heavy atom. The highest BCUT2D eigenvalue weighted by atomic mass is 32.1. The topological polar surface area (TPSA) is 46.1 Å². The van der Waals surface area contributed by atoms with E-state index in [9.17, 15) is 9.18 Å². The molecular weight excluding hydrogens is 373 g/mol. The van der Waals surface area contributed by atoms with Crippen LogP contribution in [0, 0.1) is 19.7 Å². The summed E-state index contributed by atoms with van der Waals surface area (Å²) in [6.45, 7) is 4.44. The molecule has 4 nitrogen and oxygen atoms in total. The zero-order valence-electron chi connectivity index (χ0n) is 15.5. The molecule has 0 N–H and O–H groups in total. The molecule has 0 saturated carbocycles. The van der Waals surface area contributed by atoms with Crippen molar-refractivity contribution in [1.29, 1.82) is 0 Å². The van der Waals surface area contributed by atoms with E-state index < -0.39 is 0 Å². The Bertz CT molecular complexity index is 1100. The van der Waals surface area contributed by atoms with Crippen molar-refractivity contribution >= 4 is 32.6 Å². The van der Waals surface area contributed by atoms with Crippen LogP contribution in [0.2, 0.25) is 0 Å². The first kappa shape index (κ1) is 18.3. The summed E-state index contributed by atoms with van der Waals surface area (Å²) >= 11 is 1.47. The molecule has 0 atom stereocenters. The molecule has 0 spiro atoms. The Morgan fingerprint density at radius 3 is 2.57 bits per heavy atom. The third kappa shape index (κ3) is 3.64. The highest BCUT2D eigenvalue weighted by Gasteiger charge is 2.22.